The number of para-hydroxylation sites is 1. The van der Waals surface area contributed by atoms with Crippen molar-refractivity contribution in [2.24, 2.45) is 0 Å². The molecule has 1 aliphatic rings. The molecule has 0 radical (unpaired) electrons. The average Bonchev–Trinajstić information content (AvgIpc) is 3.16. The van der Waals surface area contributed by atoms with Crippen molar-refractivity contribution in [2.45, 2.75) is 13.0 Å². The second-order valence-corrected chi connectivity index (χ2v) is 6.43. The number of benzene rings is 2. The molecule has 2 heterocycles. The second kappa shape index (κ2) is 7.41. The molecule has 27 heavy (non-hydrogen) atoms. The molecule has 0 bridgehead atoms. The summed E-state index contributed by atoms with van der Waals surface area (Å²) in [6, 6.07) is 20.7. The van der Waals surface area contributed by atoms with Crippen molar-refractivity contribution >= 4 is 17.5 Å². The maximum atomic E-state index is 12.9. The number of nitrogens with zero attached hydrogens (tertiary/aromatic N) is 2. The van der Waals surface area contributed by atoms with Gasteiger partial charge in [0.2, 0.25) is 0 Å². The zero-order chi connectivity index (χ0) is 18.6. The highest BCUT2D eigenvalue weighted by atomic mass is 16.2. The first-order chi connectivity index (χ1) is 13.2. The minimum Gasteiger partial charge on any atom is -0.348 e. The number of carbonyl (C=O) groups is 2. The molecule has 2 amide bonds. The van der Waals surface area contributed by atoms with Crippen LogP contribution in [0.5, 0.6) is 0 Å². The standard InChI is InChI=1S/C22H19N3O2/c26-21(24-15-16-6-2-1-3-7-16)18-10-12-23-19(14-18)22(27)25-13-11-17-8-4-5-9-20(17)25/h1-10,12,14H,11,13,15H2,(H,24,26). The molecule has 0 saturated carbocycles. The van der Waals surface area contributed by atoms with E-state index in [0.717, 1.165) is 23.2 Å². The molecular weight excluding hydrogens is 338 g/mol. The molecule has 1 aliphatic heterocycles. The van der Waals surface area contributed by atoms with Crippen molar-refractivity contribution in [1.82, 2.24) is 10.3 Å². The third-order valence-electron chi connectivity index (χ3n) is 4.67. The van der Waals surface area contributed by atoms with Gasteiger partial charge in [-0.05, 0) is 35.7 Å². The fourth-order valence-electron chi connectivity index (χ4n) is 3.26. The van der Waals surface area contributed by atoms with E-state index in [1.165, 1.54) is 6.20 Å². The predicted molar refractivity (Wildman–Crippen MR) is 104 cm³/mol. The van der Waals surface area contributed by atoms with Crippen LogP contribution >= 0.6 is 0 Å². The first kappa shape index (κ1) is 17.0. The van der Waals surface area contributed by atoms with E-state index in [9.17, 15) is 9.59 Å². The van der Waals surface area contributed by atoms with E-state index < -0.39 is 0 Å². The van der Waals surface area contributed by atoms with Crippen LogP contribution in [0, 0.1) is 0 Å². The lowest BCUT2D eigenvalue weighted by Gasteiger charge is -2.17. The zero-order valence-corrected chi connectivity index (χ0v) is 14.8. The number of carbonyl (C=O) groups excluding carboxylic acids is 2. The van der Waals surface area contributed by atoms with Gasteiger partial charge < -0.3 is 10.2 Å². The van der Waals surface area contributed by atoms with Gasteiger partial charge in [-0.1, -0.05) is 48.5 Å². The normalized spacial score (nSPS) is 12.5. The Morgan fingerprint density at radius 1 is 1.00 bits per heavy atom. The summed E-state index contributed by atoms with van der Waals surface area (Å²) in [7, 11) is 0. The molecule has 0 fully saturated rings. The highest BCUT2D eigenvalue weighted by Gasteiger charge is 2.26. The third kappa shape index (κ3) is 3.58. The Morgan fingerprint density at radius 3 is 2.63 bits per heavy atom. The van der Waals surface area contributed by atoms with E-state index in [-0.39, 0.29) is 17.5 Å². The Morgan fingerprint density at radius 2 is 1.78 bits per heavy atom. The quantitative estimate of drug-likeness (QED) is 0.780. The lowest BCUT2D eigenvalue weighted by atomic mass is 10.1. The van der Waals surface area contributed by atoms with E-state index in [4.69, 9.17) is 0 Å². The number of amides is 2. The van der Waals surface area contributed by atoms with Gasteiger partial charge in [0.1, 0.15) is 5.69 Å². The number of hydrogen-bond donors (Lipinski definition) is 1. The van der Waals surface area contributed by atoms with E-state index in [0.29, 0.717) is 18.7 Å². The van der Waals surface area contributed by atoms with Crippen molar-refractivity contribution in [2.75, 3.05) is 11.4 Å². The summed E-state index contributed by atoms with van der Waals surface area (Å²) in [6.45, 7) is 1.06. The van der Waals surface area contributed by atoms with Crippen molar-refractivity contribution in [3.63, 3.8) is 0 Å². The maximum Gasteiger partial charge on any atom is 0.276 e. The Labute approximate surface area is 157 Å². The first-order valence-corrected chi connectivity index (χ1v) is 8.90. The fraction of sp³-hybridized carbons (Fsp3) is 0.136. The lowest BCUT2D eigenvalue weighted by molar-refractivity contribution is 0.0951. The van der Waals surface area contributed by atoms with Gasteiger partial charge in [0.05, 0.1) is 0 Å². The van der Waals surface area contributed by atoms with Gasteiger partial charge in [-0.25, -0.2) is 0 Å². The summed E-state index contributed by atoms with van der Waals surface area (Å²) < 4.78 is 0. The minimum absolute atomic E-state index is 0.183. The summed E-state index contributed by atoms with van der Waals surface area (Å²) in [5.41, 5.74) is 3.80. The van der Waals surface area contributed by atoms with Gasteiger partial charge in [-0.15, -0.1) is 0 Å². The summed E-state index contributed by atoms with van der Waals surface area (Å²) in [5, 5.41) is 2.87. The molecule has 5 nitrogen and oxygen atoms in total. The Hall–Kier alpha value is -3.47. The van der Waals surface area contributed by atoms with Gasteiger partial charge in [-0.3, -0.25) is 14.6 Å². The second-order valence-electron chi connectivity index (χ2n) is 6.43. The molecule has 5 heteroatoms. The van der Waals surface area contributed by atoms with E-state index in [1.807, 2.05) is 54.6 Å². The highest BCUT2D eigenvalue weighted by Crippen LogP contribution is 2.28. The Kier molecular flexibility index (Phi) is 4.66. The molecule has 2 aromatic carbocycles. The summed E-state index contributed by atoms with van der Waals surface area (Å²) in [6.07, 6.45) is 2.34. The van der Waals surface area contributed by atoms with Crippen LogP contribution in [0.3, 0.4) is 0 Å². The summed E-state index contributed by atoms with van der Waals surface area (Å²) in [4.78, 5) is 31.3. The van der Waals surface area contributed by atoms with Crippen LogP contribution in [0.2, 0.25) is 0 Å². The fourth-order valence-corrected chi connectivity index (χ4v) is 3.26. The van der Waals surface area contributed by atoms with Gasteiger partial charge in [0.15, 0.2) is 0 Å². The van der Waals surface area contributed by atoms with E-state index in [2.05, 4.69) is 10.3 Å². The molecule has 0 spiro atoms. The van der Waals surface area contributed by atoms with Crippen LogP contribution in [0.25, 0.3) is 0 Å². The Bertz CT molecular complexity index is 986. The maximum absolute atomic E-state index is 12.9. The highest BCUT2D eigenvalue weighted by molar-refractivity contribution is 6.07. The molecule has 0 aliphatic carbocycles. The van der Waals surface area contributed by atoms with Crippen LogP contribution in [-0.2, 0) is 13.0 Å². The largest absolute Gasteiger partial charge is 0.348 e. The number of hydrogen-bond acceptors (Lipinski definition) is 3. The van der Waals surface area contributed by atoms with Gasteiger partial charge in [0.25, 0.3) is 11.8 Å². The van der Waals surface area contributed by atoms with Gasteiger partial charge in [-0.2, -0.15) is 0 Å². The van der Waals surface area contributed by atoms with Crippen LogP contribution in [0.15, 0.2) is 72.9 Å². The molecule has 0 unspecified atom stereocenters. The van der Waals surface area contributed by atoms with Crippen molar-refractivity contribution in [3.8, 4) is 0 Å². The number of pyridine rings is 1. The summed E-state index contributed by atoms with van der Waals surface area (Å²) >= 11 is 0. The Balaban J connectivity index is 1.49. The van der Waals surface area contributed by atoms with Crippen LogP contribution in [-0.4, -0.2) is 23.3 Å². The SMILES string of the molecule is O=C(NCc1ccccc1)c1ccnc(C(=O)N2CCc3ccccc32)c1. The summed E-state index contributed by atoms with van der Waals surface area (Å²) in [5.74, 6) is -0.408. The lowest BCUT2D eigenvalue weighted by Crippen LogP contribution is -2.30. The molecule has 1 N–H and O–H groups in total. The molecule has 1 aromatic heterocycles. The van der Waals surface area contributed by atoms with Crippen LogP contribution in [0.1, 0.15) is 32.0 Å². The van der Waals surface area contributed by atoms with Crippen molar-refractivity contribution in [1.29, 1.82) is 0 Å². The predicted octanol–water partition coefficient (Wildman–Crippen LogP) is 3.21. The first-order valence-electron chi connectivity index (χ1n) is 8.90. The van der Waals surface area contributed by atoms with Crippen LogP contribution in [0.4, 0.5) is 5.69 Å². The molecule has 134 valence electrons. The molecule has 4 rings (SSSR count). The smallest absolute Gasteiger partial charge is 0.276 e. The zero-order valence-electron chi connectivity index (χ0n) is 14.8. The van der Waals surface area contributed by atoms with Crippen LogP contribution < -0.4 is 10.2 Å². The number of nitrogens with one attached hydrogen (secondary N) is 1. The number of anilines is 1. The number of fused-ring (bicyclic) bond motifs is 1. The van der Waals surface area contributed by atoms with E-state index in [1.54, 1.807) is 17.0 Å². The minimum atomic E-state index is -0.225. The molecule has 0 atom stereocenters. The molecule has 0 saturated heterocycles. The van der Waals surface area contributed by atoms with E-state index >= 15 is 0 Å². The number of aromatic nitrogens is 1. The van der Waals surface area contributed by atoms with Gasteiger partial charge >= 0.3 is 0 Å². The van der Waals surface area contributed by atoms with Gasteiger partial charge in [0, 0.05) is 30.5 Å². The number of rotatable bonds is 4. The monoisotopic (exact) mass is 357 g/mol. The molecular formula is C22H19N3O2. The molecule has 3 aromatic rings. The average molecular weight is 357 g/mol. The van der Waals surface area contributed by atoms with Crippen molar-refractivity contribution in [3.05, 3.63) is 95.3 Å². The topological polar surface area (TPSA) is 62.3 Å². The third-order valence-corrected chi connectivity index (χ3v) is 4.67. The van der Waals surface area contributed by atoms with Crippen molar-refractivity contribution < 1.29 is 9.59 Å².